The molecule has 1 aromatic carbocycles. The maximum atomic E-state index is 12.3. The molecule has 1 amide bonds. The van der Waals surface area contributed by atoms with Crippen LogP contribution in [0.1, 0.15) is 19.4 Å². The lowest BCUT2D eigenvalue weighted by molar-refractivity contribution is -0.145. The van der Waals surface area contributed by atoms with Gasteiger partial charge < -0.3 is 20.1 Å². The summed E-state index contributed by atoms with van der Waals surface area (Å²) in [5.41, 5.74) is 6.29. The van der Waals surface area contributed by atoms with E-state index in [1.165, 1.54) is 0 Å². The molecule has 0 aliphatic carbocycles. The Morgan fingerprint density at radius 3 is 2.90 bits per heavy atom. The summed E-state index contributed by atoms with van der Waals surface area (Å²) in [7, 11) is 0. The van der Waals surface area contributed by atoms with Gasteiger partial charge in [-0.05, 0) is 26.0 Å². The van der Waals surface area contributed by atoms with Gasteiger partial charge in [0.15, 0.2) is 6.61 Å². The highest BCUT2D eigenvalue weighted by Crippen LogP contribution is 2.18. The van der Waals surface area contributed by atoms with E-state index < -0.39 is 0 Å². The van der Waals surface area contributed by atoms with Gasteiger partial charge in [-0.25, -0.2) is 0 Å². The van der Waals surface area contributed by atoms with E-state index in [1.54, 1.807) is 17.0 Å². The molecule has 0 spiro atoms. The average molecular weight is 308 g/mol. The number of hydrogen-bond acceptors (Lipinski definition) is 4. The van der Waals surface area contributed by atoms with Crippen LogP contribution in [0.3, 0.4) is 0 Å². The van der Waals surface area contributed by atoms with Gasteiger partial charge in [-0.15, -0.1) is 0 Å². The Kier molecular flexibility index (Phi) is 5.14. The zero-order chi connectivity index (χ0) is 15.4. The van der Waals surface area contributed by atoms with Crippen molar-refractivity contribution in [2.75, 3.05) is 19.8 Å². The number of morpholine rings is 1. The normalized spacial score (nSPS) is 21.9. The zero-order valence-electron chi connectivity index (χ0n) is 12.2. The van der Waals surface area contributed by atoms with Crippen molar-refractivity contribution >= 4 is 23.1 Å². The molecule has 1 aliphatic rings. The van der Waals surface area contributed by atoms with Crippen LogP contribution in [0.4, 0.5) is 0 Å². The first-order valence-corrected chi connectivity index (χ1v) is 7.32. The van der Waals surface area contributed by atoms with Crippen LogP contribution in [0.15, 0.2) is 24.3 Å². The number of benzene rings is 1. The highest BCUT2D eigenvalue weighted by Gasteiger charge is 2.27. The van der Waals surface area contributed by atoms with E-state index in [1.807, 2.05) is 26.0 Å². The number of para-hydroxylation sites is 1. The fourth-order valence-corrected chi connectivity index (χ4v) is 2.44. The second-order valence-corrected chi connectivity index (χ2v) is 5.63. The lowest BCUT2D eigenvalue weighted by atomic mass is 10.2. The Balaban J connectivity index is 1.99. The van der Waals surface area contributed by atoms with Gasteiger partial charge in [0.05, 0.1) is 24.3 Å². The van der Waals surface area contributed by atoms with Crippen LogP contribution >= 0.6 is 12.2 Å². The number of thiocarbonyl (C=S) groups is 1. The van der Waals surface area contributed by atoms with Gasteiger partial charge in [-0.2, -0.15) is 0 Å². The fraction of sp³-hybridized carbons (Fsp3) is 0.467. The highest BCUT2D eigenvalue weighted by atomic mass is 32.1. The summed E-state index contributed by atoms with van der Waals surface area (Å²) in [5, 5.41) is 0. The van der Waals surface area contributed by atoms with Crippen LogP contribution in [0, 0.1) is 0 Å². The monoisotopic (exact) mass is 308 g/mol. The number of carbonyl (C=O) groups excluding carboxylic acids is 1. The van der Waals surface area contributed by atoms with Gasteiger partial charge in [0.1, 0.15) is 10.7 Å². The number of carbonyl (C=O) groups is 1. The molecular formula is C15H20N2O3S. The SMILES string of the molecule is CC1CN(C(=O)COc2ccccc2C(N)=S)C(C)CO1. The fourth-order valence-electron chi connectivity index (χ4n) is 2.27. The third kappa shape index (κ3) is 3.92. The summed E-state index contributed by atoms with van der Waals surface area (Å²) in [6, 6.07) is 7.24. The van der Waals surface area contributed by atoms with Gasteiger partial charge in [0.25, 0.3) is 5.91 Å². The summed E-state index contributed by atoms with van der Waals surface area (Å²) < 4.78 is 11.1. The first kappa shape index (κ1) is 15.7. The smallest absolute Gasteiger partial charge is 0.260 e. The van der Waals surface area contributed by atoms with E-state index in [2.05, 4.69) is 0 Å². The zero-order valence-corrected chi connectivity index (χ0v) is 13.1. The van der Waals surface area contributed by atoms with Gasteiger partial charge in [-0.1, -0.05) is 24.4 Å². The minimum Gasteiger partial charge on any atom is -0.483 e. The molecule has 2 unspecified atom stereocenters. The standard InChI is InChI=1S/C15H20N2O3S/c1-10-8-19-11(2)7-17(10)14(18)9-20-13-6-4-3-5-12(13)15(16)21/h3-6,10-11H,7-9H2,1-2H3,(H2,16,21). The van der Waals surface area contributed by atoms with Crippen molar-refractivity contribution in [3.63, 3.8) is 0 Å². The molecule has 5 nitrogen and oxygen atoms in total. The Morgan fingerprint density at radius 2 is 2.19 bits per heavy atom. The molecule has 0 saturated carbocycles. The van der Waals surface area contributed by atoms with Gasteiger partial charge >= 0.3 is 0 Å². The predicted molar refractivity (Wildman–Crippen MR) is 84.4 cm³/mol. The minimum atomic E-state index is -0.0598. The number of rotatable bonds is 4. The van der Waals surface area contributed by atoms with Crippen molar-refractivity contribution in [2.24, 2.45) is 5.73 Å². The topological polar surface area (TPSA) is 64.8 Å². The van der Waals surface area contributed by atoms with Crippen LogP contribution in [-0.2, 0) is 9.53 Å². The number of ether oxygens (including phenoxy) is 2. The molecule has 0 aromatic heterocycles. The van der Waals surface area contributed by atoms with Gasteiger partial charge in [0, 0.05) is 6.54 Å². The first-order valence-electron chi connectivity index (χ1n) is 6.91. The van der Waals surface area contributed by atoms with E-state index in [9.17, 15) is 4.79 Å². The van der Waals surface area contributed by atoms with E-state index in [-0.39, 0.29) is 29.6 Å². The molecule has 0 radical (unpaired) electrons. The molecule has 0 bridgehead atoms. The predicted octanol–water partition coefficient (Wildman–Crippen LogP) is 1.34. The molecule has 1 aliphatic heterocycles. The molecule has 1 saturated heterocycles. The summed E-state index contributed by atoms with van der Waals surface area (Å²) in [4.78, 5) is 14.3. The summed E-state index contributed by atoms with van der Waals surface area (Å²) in [6.45, 7) is 5.02. The number of nitrogens with zero attached hydrogens (tertiary/aromatic N) is 1. The van der Waals surface area contributed by atoms with Crippen molar-refractivity contribution in [3.05, 3.63) is 29.8 Å². The Bertz CT molecular complexity index is 535. The molecule has 1 aromatic rings. The third-order valence-corrected chi connectivity index (χ3v) is 3.65. The number of nitrogens with two attached hydrogens (primary N) is 1. The Morgan fingerprint density at radius 1 is 1.48 bits per heavy atom. The Hall–Kier alpha value is -1.66. The lowest BCUT2D eigenvalue weighted by Gasteiger charge is -2.36. The quantitative estimate of drug-likeness (QED) is 0.850. The maximum Gasteiger partial charge on any atom is 0.260 e. The third-order valence-electron chi connectivity index (χ3n) is 3.43. The van der Waals surface area contributed by atoms with Crippen LogP contribution in [0.2, 0.25) is 0 Å². The van der Waals surface area contributed by atoms with Crippen molar-refractivity contribution < 1.29 is 14.3 Å². The number of hydrogen-bond donors (Lipinski definition) is 1. The van der Waals surface area contributed by atoms with Crippen LogP contribution in [0.25, 0.3) is 0 Å². The second-order valence-electron chi connectivity index (χ2n) is 5.19. The molecular weight excluding hydrogens is 288 g/mol. The molecule has 2 N–H and O–H groups in total. The summed E-state index contributed by atoms with van der Waals surface area (Å²) in [6.07, 6.45) is 0.0501. The van der Waals surface area contributed by atoms with E-state index in [0.717, 1.165) is 0 Å². The lowest BCUT2D eigenvalue weighted by Crippen LogP contribution is -2.51. The van der Waals surface area contributed by atoms with E-state index in [4.69, 9.17) is 27.4 Å². The largest absolute Gasteiger partial charge is 0.483 e. The van der Waals surface area contributed by atoms with Crippen molar-refractivity contribution in [3.8, 4) is 5.75 Å². The van der Waals surface area contributed by atoms with Crippen molar-refractivity contribution in [1.29, 1.82) is 0 Å². The van der Waals surface area contributed by atoms with Crippen LogP contribution < -0.4 is 10.5 Å². The molecule has 1 heterocycles. The first-order chi connectivity index (χ1) is 9.99. The molecule has 2 atom stereocenters. The second kappa shape index (κ2) is 6.87. The molecule has 114 valence electrons. The summed E-state index contributed by atoms with van der Waals surface area (Å²) >= 11 is 4.97. The van der Waals surface area contributed by atoms with Gasteiger partial charge in [0.2, 0.25) is 0 Å². The van der Waals surface area contributed by atoms with Crippen LogP contribution in [-0.4, -0.2) is 47.7 Å². The van der Waals surface area contributed by atoms with E-state index in [0.29, 0.717) is 24.5 Å². The van der Waals surface area contributed by atoms with E-state index >= 15 is 0 Å². The van der Waals surface area contributed by atoms with Gasteiger partial charge in [-0.3, -0.25) is 4.79 Å². The maximum absolute atomic E-state index is 12.3. The molecule has 21 heavy (non-hydrogen) atoms. The minimum absolute atomic E-state index is 0.0311. The molecule has 2 rings (SSSR count). The Labute approximate surface area is 130 Å². The number of amides is 1. The van der Waals surface area contributed by atoms with Crippen LogP contribution in [0.5, 0.6) is 5.75 Å². The molecule has 1 fully saturated rings. The molecule has 6 heteroatoms. The average Bonchev–Trinajstić information content (AvgIpc) is 2.47. The van der Waals surface area contributed by atoms with Crippen molar-refractivity contribution in [2.45, 2.75) is 26.0 Å². The highest BCUT2D eigenvalue weighted by molar-refractivity contribution is 7.80. The van der Waals surface area contributed by atoms with Crippen molar-refractivity contribution in [1.82, 2.24) is 4.90 Å². The summed E-state index contributed by atoms with van der Waals surface area (Å²) in [5.74, 6) is 0.475.